The van der Waals surface area contributed by atoms with Crippen molar-refractivity contribution in [2.24, 2.45) is 5.73 Å². The summed E-state index contributed by atoms with van der Waals surface area (Å²) < 4.78 is 0. The summed E-state index contributed by atoms with van der Waals surface area (Å²) in [6, 6.07) is 0. The third-order valence-electron chi connectivity index (χ3n) is 1.39. The molecule has 1 aromatic rings. The molecule has 0 amide bonds. The van der Waals surface area contributed by atoms with Gasteiger partial charge in [-0.25, -0.2) is 4.79 Å². The molecule has 0 unspecified atom stereocenters. The molecule has 13 heavy (non-hydrogen) atoms. The van der Waals surface area contributed by atoms with Gasteiger partial charge >= 0.3 is 5.97 Å². The van der Waals surface area contributed by atoms with Gasteiger partial charge in [0.15, 0.2) is 0 Å². The Morgan fingerprint density at radius 1 is 1.77 bits per heavy atom. The Hall–Kier alpha value is -1.85. The quantitative estimate of drug-likeness (QED) is 0.474. The van der Waals surface area contributed by atoms with Gasteiger partial charge in [0.1, 0.15) is 5.84 Å². The molecule has 1 rings (SSSR count). The highest BCUT2D eigenvalue weighted by molar-refractivity contribution is 5.95. The number of amidine groups is 1. The number of rotatable bonds is 2. The SMILES string of the molecule is CC(=O)On1cc(C(=N)N)c(C)n1. The molecule has 0 saturated carbocycles. The molecular weight excluding hydrogens is 172 g/mol. The van der Waals surface area contributed by atoms with Gasteiger partial charge in [0.05, 0.1) is 17.5 Å². The molecule has 0 bridgehead atoms. The van der Waals surface area contributed by atoms with Gasteiger partial charge in [0.2, 0.25) is 0 Å². The molecule has 0 aliphatic carbocycles. The van der Waals surface area contributed by atoms with Crippen LogP contribution in [0.4, 0.5) is 0 Å². The summed E-state index contributed by atoms with van der Waals surface area (Å²) in [5.74, 6) is -0.575. The summed E-state index contributed by atoms with van der Waals surface area (Å²) in [7, 11) is 0. The number of hydrogen-bond donors (Lipinski definition) is 2. The highest BCUT2D eigenvalue weighted by atomic mass is 16.7. The van der Waals surface area contributed by atoms with Crippen LogP contribution in [0.15, 0.2) is 6.20 Å². The van der Waals surface area contributed by atoms with Crippen LogP contribution in [-0.4, -0.2) is 21.7 Å². The van der Waals surface area contributed by atoms with Crippen molar-refractivity contribution in [3.63, 3.8) is 0 Å². The Labute approximate surface area is 74.8 Å². The zero-order chi connectivity index (χ0) is 10.0. The Morgan fingerprint density at radius 2 is 2.38 bits per heavy atom. The van der Waals surface area contributed by atoms with Crippen LogP contribution in [0.2, 0.25) is 0 Å². The standard InChI is InChI=1S/C7H10N4O2/c1-4-6(7(8)9)3-11(10-4)13-5(2)12/h3H,1-2H3,(H3,8,9). The summed E-state index contributed by atoms with van der Waals surface area (Å²) in [5.41, 5.74) is 6.26. The van der Waals surface area contributed by atoms with E-state index in [4.69, 9.17) is 11.1 Å². The lowest BCUT2D eigenvalue weighted by Gasteiger charge is -1.96. The molecule has 0 aliphatic heterocycles. The lowest BCUT2D eigenvalue weighted by Crippen LogP contribution is -2.17. The number of aryl methyl sites for hydroxylation is 1. The number of nitrogen functional groups attached to an aromatic ring is 1. The minimum absolute atomic E-state index is 0.101. The average molecular weight is 182 g/mol. The smallest absolute Gasteiger partial charge is 0.331 e. The number of hydrogen-bond acceptors (Lipinski definition) is 4. The highest BCUT2D eigenvalue weighted by Crippen LogP contribution is 2.02. The number of nitrogens with two attached hydrogens (primary N) is 1. The average Bonchev–Trinajstić information content (AvgIpc) is 2.29. The fraction of sp³-hybridized carbons (Fsp3) is 0.286. The summed E-state index contributed by atoms with van der Waals surface area (Å²) in [4.78, 5) is 16.2. The number of aromatic nitrogens is 2. The normalized spacial score (nSPS) is 9.69. The van der Waals surface area contributed by atoms with Crippen LogP contribution in [0, 0.1) is 12.3 Å². The zero-order valence-corrected chi connectivity index (χ0v) is 7.37. The third-order valence-corrected chi connectivity index (χ3v) is 1.39. The van der Waals surface area contributed by atoms with Gasteiger partial charge in [-0.15, -0.1) is 5.10 Å². The van der Waals surface area contributed by atoms with Crippen molar-refractivity contribution >= 4 is 11.8 Å². The molecule has 0 aromatic carbocycles. The number of nitrogens with one attached hydrogen (secondary N) is 1. The van der Waals surface area contributed by atoms with Crippen molar-refractivity contribution in [2.45, 2.75) is 13.8 Å². The van der Waals surface area contributed by atoms with Crippen LogP contribution in [0.5, 0.6) is 0 Å². The summed E-state index contributed by atoms with van der Waals surface area (Å²) >= 11 is 0. The Kier molecular flexibility index (Phi) is 2.32. The molecule has 1 heterocycles. The van der Waals surface area contributed by atoms with Crippen LogP contribution in [0.3, 0.4) is 0 Å². The van der Waals surface area contributed by atoms with Crippen LogP contribution < -0.4 is 10.6 Å². The van der Waals surface area contributed by atoms with Crippen molar-refractivity contribution in [3.05, 3.63) is 17.5 Å². The molecule has 3 N–H and O–H groups in total. The van der Waals surface area contributed by atoms with E-state index in [1.54, 1.807) is 6.92 Å². The molecule has 6 nitrogen and oxygen atoms in total. The van der Waals surface area contributed by atoms with Gasteiger partial charge in [-0.3, -0.25) is 5.41 Å². The van der Waals surface area contributed by atoms with E-state index in [1.807, 2.05) is 0 Å². The van der Waals surface area contributed by atoms with Crippen molar-refractivity contribution in [2.75, 3.05) is 0 Å². The predicted molar refractivity (Wildman–Crippen MR) is 45.2 cm³/mol. The van der Waals surface area contributed by atoms with Crippen molar-refractivity contribution < 1.29 is 9.63 Å². The Bertz CT molecular complexity index is 355. The van der Waals surface area contributed by atoms with E-state index >= 15 is 0 Å². The molecule has 0 atom stereocenters. The largest absolute Gasteiger partial charge is 0.384 e. The van der Waals surface area contributed by atoms with E-state index < -0.39 is 5.97 Å². The Morgan fingerprint density at radius 3 is 2.77 bits per heavy atom. The molecule has 70 valence electrons. The first-order valence-electron chi connectivity index (χ1n) is 3.60. The third kappa shape index (κ3) is 2.05. The first-order chi connectivity index (χ1) is 6.00. The lowest BCUT2D eigenvalue weighted by molar-refractivity contribution is -0.143. The summed E-state index contributed by atoms with van der Waals surface area (Å²) in [6.45, 7) is 2.95. The van der Waals surface area contributed by atoms with Gasteiger partial charge in [-0.1, -0.05) is 4.85 Å². The molecule has 0 radical (unpaired) electrons. The van der Waals surface area contributed by atoms with E-state index in [0.29, 0.717) is 11.3 Å². The fourth-order valence-electron chi connectivity index (χ4n) is 0.877. The van der Waals surface area contributed by atoms with Gasteiger partial charge in [-0.2, -0.15) is 0 Å². The molecular formula is C7H10N4O2. The molecule has 0 fully saturated rings. The first kappa shape index (κ1) is 9.24. The van der Waals surface area contributed by atoms with Gasteiger partial charge in [0, 0.05) is 6.92 Å². The van der Waals surface area contributed by atoms with E-state index in [2.05, 4.69) is 9.94 Å². The number of carbonyl (C=O) groups excluding carboxylic acids is 1. The molecule has 1 aromatic heterocycles. The minimum atomic E-state index is -0.474. The van der Waals surface area contributed by atoms with Crippen molar-refractivity contribution in [1.29, 1.82) is 5.41 Å². The van der Waals surface area contributed by atoms with Gasteiger partial charge in [0.25, 0.3) is 0 Å². The van der Waals surface area contributed by atoms with E-state index in [0.717, 1.165) is 4.85 Å². The van der Waals surface area contributed by atoms with E-state index in [9.17, 15) is 4.79 Å². The molecule has 0 spiro atoms. The fourth-order valence-corrected chi connectivity index (χ4v) is 0.877. The minimum Gasteiger partial charge on any atom is -0.384 e. The second-order valence-corrected chi connectivity index (χ2v) is 2.53. The summed E-state index contributed by atoms with van der Waals surface area (Å²) in [6.07, 6.45) is 1.39. The van der Waals surface area contributed by atoms with E-state index in [1.165, 1.54) is 13.1 Å². The second-order valence-electron chi connectivity index (χ2n) is 2.53. The van der Waals surface area contributed by atoms with Crippen LogP contribution >= 0.6 is 0 Å². The van der Waals surface area contributed by atoms with Crippen LogP contribution in [0.25, 0.3) is 0 Å². The molecule has 0 saturated heterocycles. The zero-order valence-electron chi connectivity index (χ0n) is 7.37. The highest BCUT2D eigenvalue weighted by Gasteiger charge is 2.08. The predicted octanol–water partition coefficient (Wildman–Crippen LogP) is -0.549. The lowest BCUT2D eigenvalue weighted by atomic mass is 10.2. The summed E-state index contributed by atoms with van der Waals surface area (Å²) in [5, 5.41) is 11.0. The van der Waals surface area contributed by atoms with Gasteiger partial charge in [-0.05, 0) is 6.92 Å². The van der Waals surface area contributed by atoms with E-state index in [-0.39, 0.29) is 5.84 Å². The topological polar surface area (TPSA) is 94.0 Å². The maximum atomic E-state index is 10.5. The maximum absolute atomic E-state index is 10.5. The molecule has 6 heteroatoms. The van der Waals surface area contributed by atoms with Crippen LogP contribution in [-0.2, 0) is 4.79 Å². The first-order valence-corrected chi connectivity index (χ1v) is 3.60. The monoisotopic (exact) mass is 182 g/mol. The van der Waals surface area contributed by atoms with Crippen LogP contribution in [0.1, 0.15) is 18.2 Å². The van der Waals surface area contributed by atoms with Crippen molar-refractivity contribution in [3.8, 4) is 0 Å². The molecule has 0 aliphatic rings. The number of carbonyl (C=O) groups is 1. The Balaban J connectivity index is 2.95. The van der Waals surface area contributed by atoms with Crippen molar-refractivity contribution in [1.82, 2.24) is 9.94 Å². The second kappa shape index (κ2) is 3.26. The number of nitrogens with zero attached hydrogens (tertiary/aromatic N) is 2. The maximum Gasteiger partial charge on any atom is 0.331 e. The van der Waals surface area contributed by atoms with Gasteiger partial charge < -0.3 is 10.6 Å².